The van der Waals surface area contributed by atoms with Crippen molar-refractivity contribution >= 4 is 70.9 Å². The van der Waals surface area contributed by atoms with E-state index in [1.165, 1.54) is 7.11 Å². The number of carboxylic acids is 4. The first-order valence-electron chi connectivity index (χ1n) is 16.4. The van der Waals surface area contributed by atoms with Gasteiger partial charge in [0, 0.05) is 56.5 Å². The molecule has 0 aromatic rings. The summed E-state index contributed by atoms with van der Waals surface area (Å²) in [6, 6.07) is 0. The van der Waals surface area contributed by atoms with Crippen LogP contribution in [0.1, 0.15) is 51.4 Å². The molecular weight excluding hydrogens is 725 g/mol. The molecule has 1 saturated heterocycles. The summed E-state index contributed by atoms with van der Waals surface area (Å²) in [5.74, 6) is 1.72. The van der Waals surface area contributed by atoms with E-state index in [4.69, 9.17) is 48.8 Å². The lowest BCUT2D eigenvalue weighted by Gasteiger charge is -2.45. The molecule has 1 aliphatic rings. The van der Waals surface area contributed by atoms with Crippen molar-refractivity contribution in [2.45, 2.75) is 82.1 Å². The van der Waals surface area contributed by atoms with Gasteiger partial charge >= 0.3 is 23.9 Å². The van der Waals surface area contributed by atoms with Gasteiger partial charge in [-0.1, -0.05) is 0 Å². The zero-order chi connectivity index (χ0) is 36.1. The minimum atomic E-state index is -0.831. The van der Waals surface area contributed by atoms with E-state index in [0.29, 0.717) is 68.7 Å². The normalized spacial score (nSPS) is 20.7. The molecule has 4 N–H and O–H groups in total. The Morgan fingerprint density at radius 2 is 0.898 bits per heavy atom. The van der Waals surface area contributed by atoms with Crippen LogP contribution in [0.25, 0.3) is 0 Å². The smallest absolute Gasteiger partial charge is 0.304 e. The summed E-state index contributed by atoms with van der Waals surface area (Å²) in [7, 11) is 1.53. The molecule has 14 nitrogen and oxygen atoms in total. The highest BCUT2D eigenvalue weighted by Gasteiger charge is 2.48. The maximum atomic E-state index is 10.8. The third kappa shape index (κ3) is 24.8. The molecule has 1 rings (SSSR count). The Morgan fingerprint density at radius 3 is 1.29 bits per heavy atom. The van der Waals surface area contributed by atoms with E-state index in [-0.39, 0.29) is 32.3 Å². The number of ether oxygens (including phenoxy) is 6. The maximum Gasteiger partial charge on any atom is 0.304 e. The lowest BCUT2D eigenvalue weighted by Crippen LogP contribution is -2.62. The second-order valence-corrected chi connectivity index (χ2v) is 15.7. The van der Waals surface area contributed by atoms with E-state index < -0.39 is 54.6 Å². The predicted molar refractivity (Wildman–Crippen MR) is 192 cm³/mol. The fourth-order valence-corrected chi connectivity index (χ4v) is 7.80. The standard InChI is InChI=1S/C31H54O14S4/c1-40-31-30(44-13-5-17-49-21-9-27(38)39)29(43-12-4-16-48-20-8-26(36)37)28(42-11-3-15-47-19-7-25(34)35)23(45-31)22-41-10-2-14-46-18-6-24(32)33/h23,28-31H,2-22H2,1H3,(H,32,33)(H,34,35)(H,36,37)(H,38,39)/t23-,28-,29+,30-,31-/m1/s1. The molecule has 0 radical (unpaired) electrons. The van der Waals surface area contributed by atoms with E-state index in [1.807, 2.05) is 0 Å². The van der Waals surface area contributed by atoms with E-state index in [0.717, 1.165) is 29.4 Å². The van der Waals surface area contributed by atoms with E-state index in [9.17, 15) is 19.2 Å². The Balaban J connectivity index is 2.91. The summed E-state index contributed by atoms with van der Waals surface area (Å²) in [6.07, 6.45) is 0.0723. The molecule has 0 saturated carbocycles. The van der Waals surface area contributed by atoms with Crippen LogP contribution in [0.4, 0.5) is 0 Å². The molecule has 0 bridgehead atoms. The van der Waals surface area contributed by atoms with E-state index in [2.05, 4.69) is 0 Å². The second-order valence-electron chi connectivity index (χ2n) is 10.8. The van der Waals surface area contributed by atoms with E-state index >= 15 is 0 Å². The Kier molecular flexibility index (Phi) is 28.8. The summed E-state index contributed by atoms with van der Waals surface area (Å²) in [6.45, 7) is 1.77. The molecule has 5 atom stereocenters. The Bertz CT molecular complexity index is 902. The molecule has 0 spiro atoms. The first kappa shape index (κ1) is 46.1. The highest BCUT2D eigenvalue weighted by atomic mass is 32.2. The van der Waals surface area contributed by atoms with Gasteiger partial charge in [-0.05, 0) is 48.7 Å². The quantitative estimate of drug-likeness (QED) is 0.0684. The molecule has 1 fully saturated rings. The van der Waals surface area contributed by atoms with Crippen LogP contribution in [0.3, 0.4) is 0 Å². The number of hydrogen-bond acceptors (Lipinski definition) is 14. The molecule has 0 aliphatic carbocycles. The van der Waals surface area contributed by atoms with Crippen LogP contribution in [-0.2, 0) is 47.6 Å². The van der Waals surface area contributed by atoms with Crippen molar-refractivity contribution in [3.63, 3.8) is 0 Å². The minimum Gasteiger partial charge on any atom is -0.481 e. The molecule has 0 aromatic heterocycles. The molecule has 0 unspecified atom stereocenters. The Hall–Kier alpha value is -0.960. The van der Waals surface area contributed by atoms with Crippen LogP contribution in [0.5, 0.6) is 0 Å². The predicted octanol–water partition coefficient (Wildman–Crippen LogP) is 3.92. The number of carboxylic acid groups (broad SMARTS) is 4. The first-order chi connectivity index (χ1) is 23.6. The van der Waals surface area contributed by atoms with Crippen LogP contribution < -0.4 is 0 Å². The zero-order valence-corrected chi connectivity index (χ0v) is 31.5. The van der Waals surface area contributed by atoms with Gasteiger partial charge < -0.3 is 48.8 Å². The highest BCUT2D eigenvalue weighted by molar-refractivity contribution is 7.99. The average molecular weight is 779 g/mol. The van der Waals surface area contributed by atoms with Crippen LogP contribution in [0.2, 0.25) is 0 Å². The summed E-state index contributed by atoms with van der Waals surface area (Å²) in [4.78, 5) is 43.2. The minimum absolute atomic E-state index is 0.0960. The first-order valence-corrected chi connectivity index (χ1v) is 21.1. The van der Waals surface area contributed by atoms with Gasteiger partial charge in [-0.25, -0.2) is 0 Å². The van der Waals surface area contributed by atoms with Crippen LogP contribution in [0, 0.1) is 0 Å². The number of hydrogen-bond donors (Lipinski definition) is 4. The van der Waals surface area contributed by atoms with Crippen molar-refractivity contribution in [3.8, 4) is 0 Å². The maximum absolute atomic E-state index is 10.8. The van der Waals surface area contributed by atoms with Crippen LogP contribution in [0.15, 0.2) is 0 Å². The van der Waals surface area contributed by atoms with E-state index in [1.54, 1.807) is 47.0 Å². The number of rotatable bonds is 34. The summed E-state index contributed by atoms with van der Waals surface area (Å²) < 4.78 is 37.2. The van der Waals surface area contributed by atoms with Gasteiger partial charge in [-0.2, -0.15) is 47.0 Å². The second kappa shape index (κ2) is 30.6. The number of aliphatic carboxylic acids is 4. The Labute approximate surface area is 306 Å². The average Bonchev–Trinajstić information content (AvgIpc) is 3.04. The van der Waals surface area contributed by atoms with Gasteiger partial charge in [-0.3, -0.25) is 19.2 Å². The zero-order valence-electron chi connectivity index (χ0n) is 28.2. The van der Waals surface area contributed by atoms with Gasteiger partial charge in [0.05, 0.1) is 32.3 Å². The van der Waals surface area contributed by atoms with Gasteiger partial charge in [-0.15, -0.1) is 0 Å². The van der Waals surface area contributed by atoms with Crippen molar-refractivity contribution in [2.24, 2.45) is 0 Å². The van der Waals surface area contributed by atoms with Gasteiger partial charge in [0.15, 0.2) is 6.29 Å². The van der Waals surface area contributed by atoms with Crippen LogP contribution >= 0.6 is 47.0 Å². The number of methoxy groups -OCH3 is 1. The van der Waals surface area contributed by atoms with Crippen LogP contribution in [-0.4, -0.2) is 161 Å². The van der Waals surface area contributed by atoms with Gasteiger partial charge in [0.1, 0.15) is 24.4 Å². The van der Waals surface area contributed by atoms with Crippen molar-refractivity contribution in [3.05, 3.63) is 0 Å². The van der Waals surface area contributed by atoms with Crippen molar-refractivity contribution in [2.75, 3.05) is 86.2 Å². The molecule has 18 heteroatoms. The molecular formula is C31H54O14S4. The van der Waals surface area contributed by atoms with Gasteiger partial charge in [0.2, 0.25) is 0 Å². The summed E-state index contributed by atoms with van der Waals surface area (Å²) in [5, 5.41) is 35.5. The third-order valence-electron chi connectivity index (χ3n) is 6.75. The molecule has 0 amide bonds. The third-order valence-corrected chi connectivity index (χ3v) is 11.0. The summed E-state index contributed by atoms with van der Waals surface area (Å²) in [5.41, 5.74) is 0. The lowest BCUT2D eigenvalue weighted by molar-refractivity contribution is -0.318. The summed E-state index contributed by atoms with van der Waals surface area (Å²) >= 11 is 6.19. The van der Waals surface area contributed by atoms with Crippen molar-refractivity contribution in [1.82, 2.24) is 0 Å². The molecule has 0 aromatic carbocycles. The van der Waals surface area contributed by atoms with Crippen molar-refractivity contribution in [1.29, 1.82) is 0 Å². The highest BCUT2D eigenvalue weighted by Crippen LogP contribution is 2.30. The topological polar surface area (TPSA) is 205 Å². The Morgan fingerprint density at radius 1 is 0.531 bits per heavy atom. The molecule has 286 valence electrons. The fraction of sp³-hybridized carbons (Fsp3) is 0.871. The van der Waals surface area contributed by atoms with Crippen molar-refractivity contribution < 1.29 is 68.0 Å². The number of thioether (sulfide) groups is 4. The SMILES string of the molecule is CO[C@@H]1O[C@H](COCCCSCCC(=O)O)[C@@H](OCCCSCCC(=O)O)[C@H](OCCCSCCC(=O)O)[C@H]1OCCCSCCC(=O)O. The lowest BCUT2D eigenvalue weighted by atomic mass is 9.98. The number of carbonyl (C=O) groups is 4. The van der Waals surface area contributed by atoms with Gasteiger partial charge in [0.25, 0.3) is 0 Å². The molecule has 1 aliphatic heterocycles. The largest absolute Gasteiger partial charge is 0.481 e. The monoisotopic (exact) mass is 778 g/mol. The molecule has 49 heavy (non-hydrogen) atoms. The fourth-order valence-electron chi connectivity index (χ4n) is 4.42. The molecule has 1 heterocycles.